The number of hydrogen-bond donors (Lipinski definition) is 0. The summed E-state index contributed by atoms with van der Waals surface area (Å²) >= 11 is 5.76. The molecule has 0 saturated heterocycles. The molecule has 1 rings (SSSR count). The molecule has 0 unspecified atom stereocenters. The van der Waals surface area contributed by atoms with Crippen molar-refractivity contribution < 1.29 is 14.3 Å². The molecule has 0 aliphatic carbocycles. The molecule has 0 saturated carbocycles. The van der Waals surface area contributed by atoms with E-state index in [4.69, 9.17) is 11.6 Å². The average Bonchev–Trinajstić information content (AvgIpc) is 2.26. The Kier molecular flexibility index (Phi) is 3.85. The van der Waals surface area contributed by atoms with Crippen molar-refractivity contribution in [2.45, 2.75) is 6.92 Å². The number of rotatable bonds is 3. The quantitative estimate of drug-likeness (QED) is 0.462. The molecule has 1 aromatic rings. The van der Waals surface area contributed by atoms with E-state index in [1.165, 1.54) is 19.2 Å². The lowest BCUT2D eigenvalue weighted by Crippen LogP contribution is -2.10. The Morgan fingerprint density at radius 3 is 2.44 bits per heavy atom. The van der Waals surface area contributed by atoms with E-state index >= 15 is 0 Å². The molecule has 1 aromatic carbocycles. The van der Waals surface area contributed by atoms with E-state index in [-0.39, 0.29) is 16.9 Å². The number of Topliss-reactive ketones (excluding diaryl/α,β-unsaturated/α-hetero) is 1. The SMILES string of the molecule is C=C(C)C(=O)c1ccc(Cl)cc1C(=O)OC. The molecule has 0 aliphatic rings. The summed E-state index contributed by atoms with van der Waals surface area (Å²) in [5.74, 6) is -0.885. The zero-order valence-electron chi connectivity index (χ0n) is 9.04. The van der Waals surface area contributed by atoms with E-state index in [0.29, 0.717) is 10.6 Å². The fourth-order valence-electron chi connectivity index (χ4n) is 1.22. The van der Waals surface area contributed by atoms with Crippen LogP contribution in [0.3, 0.4) is 0 Å². The van der Waals surface area contributed by atoms with Gasteiger partial charge in [-0.3, -0.25) is 4.79 Å². The van der Waals surface area contributed by atoms with Crippen molar-refractivity contribution >= 4 is 23.4 Å². The molecule has 16 heavy (non-hydrogen) atoms. The maximum absolute atomic E-state index is 11.7. The summed E-state index contributed by atoms with van der Waals surface area (Å²) in [6.45, 7) is 5.13. The largest absolute Gasteiger partial charge is 0.465 e. The summed E-state index contributed by atoms with van der Waals surface area (Å²) in [5, 5.41) is 0.374. The van der Waals surface area contributed by atoms with Crippen molar-refractivity contribution in [2.75, 3.05) is 7.11 Å². The van der Waals surface area contributed by atoms with Crippen LogP contribution in [0.2, 0.25) is 5.02 Å². The summed E-state index contributed by atoms with van der Waals surface area (Å²) in [4.78, 5) is 23.2. The molecular formula is C12H11ClO3. The molecule has 0 bridgehead atoms. The van der Waals surface area contributed by atoms with Crippen LogP contribution in [0.25, 0.3) is 0 Å². The molecule has 84 valence electrons. The van der Waals surface area contributed by atoms with Gasteiger partial charge in [0.25, 0.3) is 0 Å². The van der Waals surface area contributed by atoms with E-state index in [2.05, 4.69) is 11.3 Å². The Balaban J connectivity index is 3.33. The number of benzene rings is 1. The topological polar surface area (TPSA) is 43.4 Å². The molecule has 0 N–H and O–H groups in total. The predicted molar refractivity (Wildman–Crippen MR) is 61.9 cm³/mol. The second-order valence-corrected chi connectivity index (χ2v) is 3.73. The lowest BCUT2D eigenvalue weighted by Gasteiger charge is -2.07. The summed E-state index contributed by atoms with van der Waals surface area (Å²) < 4.78 is 4.58. The van der Waals surface area contributed by atoms with Gasteiger partial charge in [0.05, 0.1) is 12.7 Å². The second-order valence-electron chi connectivity index (χ2n) is 3.29. The van der Waals surface area contributed by atoms with Crippen LogP contribution in [0.15, 0.2) is 30.4 Å². The first-order valence-electron chi connectivity index (χ1n) is 4.55. The van der Waals surface area contributed by atoms with Crippen LogP contribution >= 0.6 is 11.6 Å². The molecule has 0 fully saturated rings. The molecule has 3 nitrogen and oxygen atoms in total. The van der Waals surface area contributed by atoms with Gasteiger partial charge in [-0.15, -0.1) is 0 Å². The van der Waals surface area contributed by atoms with E-state index < -0.39 is 5.97 Å². The molecule has 0 amide bonds. The third kappa shape index (κ3) is 2.49. The van der Waals surface area contributed by atoms with Crippen molar-refractivity contribution in [3.8, 4) is 0 Å². The number of methoxy groups -OCH3 is 1. The highest BCUT2D eigenvalue weighted by Crippen LogP contribution is 2.19. The fourth-order valence-corrected chi connectivity index (χ4v) is 1.40. The van der Waals surface area contributed by atoms with Crippen molar-refractivity contribution in [3.05, 3.63) is 46.5 Å². The molecule has 0 atom stereocenters. The number of carbonyl (C=O) groups is 2. The smallest absolute Gasteiger partial charge is 0.338 e. The number of ketones is 1. The molecule has 0 heterocycles. The van der Waals surface area contributed by atoms with Crippen molar-refractivity contribution in [1.29, 1.82) is 0 Å². The number of carbonyl (C=O) groups excluding carboxylic acids is 2. The third-order valence-electron chi connectivity index (χ3n) is 2.02. The number of halogens is 1. The number of hydrogen-bond acceptors (Lipinski definition) is 3. The standard InChI is InChI=1S/C12H11ClO3/c1-7(2)11(14)9-5-4-8(13)6-10(9)12(15)16-3/h4-6H,1H2,2-3H3. The highest BCUT2D eigenvalue weighted by atomic mass is 35.5. The maximum Gasteiger partial charge on any atom is 0.338 e. The van der Waals surface area contributed by atoms with Crippen LogP contribution in [-0.4, -0.2) is 18.9 Å². The van der Waals surface area contributed by atoms with Gasteiger partial charge in [0, 0.05) is 10.6 Å². The van der Waals surface area contributed by atoms with Crippen molar-refractivity contribution in [3.63, 3.8) is 0 Å². The predicted octanol–water partition coefficient (Wildman–Crippen LogP) is 2.89. The van der Waals surface area contributed by atoms with Gasteiger partial charge in [-0.2, -0.15) is 0 Å². The summed E-state index contributed by atoms with van der Waals surface area (Å²) in [7, 11) is 1.25. The van der Waals surface area contributed by atoms with Gasteiger partial charge in [-0.05, 0) is 30.7 Å². The lowest BCUT2D eigenvalue weighted by atomic mass is 10.00. The molecule has 0 radical (unpaired) electrons. The fraction of sp³-hybridized carbons (Fsp3) is 0.167. The Morgan fingerprint density at radius 1 is 1.31 bits per heavy atom. The van der Waals surface area contributed by atoms with E-state index in [0.717, 1.165) is 0 Å². The Labute approximate surface area is 98.7 Å². The van der Waals surface area contributed by atoms with E-state index in [9.17, 15) is 9.59 Å². The third-order valence-corrected chi connectivity index (χ3v) is 2.25. The van der Waals surface area contributed by atoms with Crippen molar-refractivity contribution in [1.82, 2.24) is 0 Å². The minimum Gasteiger partial charge on any atom is -0.465 e. The second kappa shape index (κ2) is 4.94. The van der Waals surface area contributed by atoms with Gasteiger partial charge < -0.3 is 4.74 Å². The van der Waals surface area contributed by atoms with Gasteiger partial charge in [-0.1, -0.05) is 18.2 Å². The van der Waals surface area contributed by atoms with Crippen LogP contribution in [0, 0.1) is 0 Å². The molecule has 0 aliphatic heterocycles. The van der Waals surface area contributed by atoms with Gasteiger partial charge in [-0.25, -0.2) is 4.79 Å². The Bertz CT molecular complexity index is 463. The average molecular weight is 239 g/mol. The Hall–Kier alpha value is -1.61. The minimum atomic E-state index is -0.591. The highest BCUT2D eigenvalue weighted by molar-refractivity contribution is 6.31. The first-order chi connectivity index (χ1) is 7.47. The summed E-state index contributed by atoms with van der Waals surface area (Å²) in [5.41, 5.74) is 0.763. The van der Waals surface area contributed by atoms with E-state index in [1.54, 1.807) is 13.0 Å². The van der Waals surface area contributed by atoms with Crippen LogP contribution < -0.4 is 0 Å². The number of allylic oxidation sites excluding steroid dienone is 1. The maximum atomic E-state index is 11.7. The van der Waals surface area contributed by atoms with Gasteiger partial charge in [0.1, 0.15) is 0 Å². The number of esters is 1. The van der Waals surface area contributed by atoms with Gasteiger partial charge in [0.15, 0.2) is 5.78 Å². The molecular weight excluding hydrogens is 228 g/mol. The van der Waals surface area contributed by atoms with Crippen LogP contribution in [0.5, 0.6) is 0 Å². The lowest BCUT2D eigenvalue weighted by molar-refractivity contribution is 0.0597. The molecule has 0 spiro atoms. The summed E-state index contributed by atoms with van der Waals surface area (Å²) in [6, 6.07) is 4.44. The highest BCUT2D eigenvalue weighted by Gasteiger charge is 2.18. The van der Waals surface area contributed by atoms with Gasteiger partial charge in [0.2, 0.25) is 0 Å². The van der Waals surface area contributed by atoms with Crippen LogP contribution in [0.1, 0.15) is 27.6 Å². The first kappa shape index (κ1) is 12.5. The zero-order valence-corrected chi connectivity index (χ0v) is 9.80. The Morgan fingerprint density at radius 2 is 1.94 bits per heavy atom. The van der Waals surface area contributed by atoms with Crippen LogP contribution in [-0.2, 0) is 4.74 Å². The first-order valence-corrected chi connectivity index (χ1v) is 4.93. The zero-order chi connectivity index (χ0) is 12.3. The summed E-state index contributed by atoms with van der Waals surface area (Å²) in [6.07, 6.45) is 0. The monoisotopic (exact) mass is 238 g/mol. The van der Waals surface area contributed by atoms with E-state index in [1.807, 2.05) is 0 Å². The minimum absolute atomic E-state index is 0.156. The molecule has 0 aromatic heterocycles. The number of ether oxygens (including phenoxy) is 1. The van der Waals surface area contributed by atoms with Crippen LogP contribution in [0.4, 0.5) is 0 Å². The molecule has 4 heteroatoms. The van der Waals surface area contributed by atoms with Gasteiger partial charge >= 0.3 is 5.97 Å². The normalized spacial score (nSPS) is 9.69. The van der Waals surface area contributed by atoms with Crippen molar-refractivity contribution in [2.24, 2.45) is 0 Å².